The van der Waals surface area contributed by atoms with Crippen LogP contribution in [0.4, 0.5) is 0 Å². The summed E-state index contributed by atoms with van der Waals surface area (Å²) in [5, 5.41) is 14.6. The topological polar surface area (TPSA) is 67.1 Å². The molecule has 0 atom stereocenters. The van der Waals surface area contributed by atoms with E-state index in [1.807, 2.05) is 11.6 Å². The van der Waals surface area contributed by atoms with Crippen molar-refractivity contribution in [3.63, 3.8) is 0 Å². The van der Waals surface area contributed by atoms with Crippen molar-refractivity contribution >= 4 is 29.9 Å². The molecule has 1 aromatic rings. The standard InChI is InChI=1S/C15H28N6.HI/c1-3-16-15(18-11-14-20-19-12-21(14)2)17-10-6-9-13-7-4-5-8-13;/h12-13H,3-11H2,1-2H3,(H2,16,17,18);1H. The molecule has 1 fully saturated rings. The smallest absolute Gasteiger partial charge is 0.191 e. The highest BCUT2D eigenvalue weighted by Gasteiger charge is 2.13. The summed E-state index contributed by atoms with van der Waals surface area (Å²) in [7, 11) is 1.94. The van der Waals surface area contributed by atoms with Crippen molar-refractivity contribution in [3.05, 3.63) is 12.2 Å². The molecule has 0 bridgehead atoms. The van der Waals surface area contributed by atoms with E-state index in [-0.39, 0.29) is 24.0 Å². The van der Waals surface area contributed by atoms with Crippen LogP contribution in [0.5, 0.6) is 0 Å². The highest BCUT2D eigenvalue weighted by Crippen LogP contribution is 2.28. The van der Waals surface area contributed by atoms with Crippen molar-refractivity contribution < 1.29 is 0 Å². The van der Waals surface area contributed by atoms with E-state index < -0.39 is 0 Å². The molecule has 1 aromatic heterocycles. The Balaban J connectivity index is 0.00000242. The van der Waals surface area contributed by atoms with Gasteiger partial charge in [-0.1, -0.05) is 25.7 Å². The zero-order chi connectivity index (χ0) is 14.9. The Kier molecular flexibility index (Phi) is 9.42. The van der Waals surface area contributed by atoms with Crippen molar-refractivity contribution in [1.82, 2.24) is 25.4 Å². The van der Waals surface area contributed by atoms with Crippen LogP contribution in [0.15, 0.2) is 11.3 Å². The van der Waals surface area contributed by atoms with Gasteiger partial charge in [-0.05, 0) is 25.7 Å². The van der Waals surface area contributed by atoms with Gasteiger partial charge >= 0.3 is 0 Å². The van der Waals surface area contributed by atoms with Gasteiger partial charge in [0.2, 0.25) is 0 Å². The second-order valence-electron chi connectivity index (χ2n) is 5.77. The van der Waals surface area contributed by atoms with Crippen molar-refractivity contribution in [2.45, 2.75) is 52.0 Å². The average Bonchev–Trinajstić information content (AvgIpc) is 3.12. The van der Waals surface area contributed by atoms with Gasteiger partial charge in [0, 0.05) is 20.1 Å². The van der Waals surface area contributed by atoms with Crippen LogP contribution in [0.25, 0.3) is 0 Å². The number of guanidine groups is 1. The summed E-state index contributed by atoms with van der Waals surface area (Å²) < 4.78 is 1.90. The normalized spacial score (nSPS) is 15.6. The molecule has 2 rings (SSSR count). The SMILES string of the molecule is CCNC(=NCc1nncn1C)NCCCC1CCCC1.I. The molecular weight excluding hydrogens is 391 g/mol. The van der Waals surface area contributed by atoms with Crippen LogP contribution < -0.4 is 10.6 Å². The Bertz CT molecular complexity index is 439. The van der Waals surface area contributed by atoms with E-state index in [2.05, 4.69) is 32.7 Å². The molecule has 1 aliphatic carbocycles. The van der Waals surface area contributed by atoms with Gasteiger partial charge in [-0.3, -0.25) is 0 Å². The Hall–Kier alpha value is -0.860. The van der Waals surface area contributed by atoms with Crippen LogP contribution in [0, 0.1) is 5.92 Å². The Morgan fingerprint density at radius 1 is 1.36 bits per heavy atom. The van der Waals surface area contributed by atoms with Crippen LogP contribution in [0.3, 0.4) is 0 Å². The fourth-order valence-electron chi connectivity index (χ4n) is 2.84. The van der Waals surface area contributed by atoms with Crippen LogP contribution >= 0.6 is 24.0 Å². The van der Waals surface area contributed by atoms with Gasteiger partial charge in [0.05, 0.1) is 0 Å². The van der Waals surface area contributed by atoms with Crippen LogP contribution in [0.1, 0.15) is 51.3 Å². The lowest BCUT2D eigenvalue weighted by Gasteiger charge is -2.12. The summed E-state index contributed by atoms with van der Waals surface area (Å²) in [6, 6.07) is 0. The van der Waals surface area contributed by atoms with Gasteiger partial charge in [0.15, 0.2) is 11.8 Å². The quantitative estimate of drug-likeness (QED) is 0.308. The molecule has 2 N–H and O–H groups in total. The van der Waals surface area contributed by atoms with Crippen LogP contribution in [-0.2, 0) is 13.6 Å². The summed E-state index contributed by atoms with van der Waals surface area (Å²) in [4.78, 5) is 4.56. The molecule has 0 spiro atoms. The van der Waals surface area contributed by atoms with Crippen LogP contribution in [0.2, 0.25) is 0 Å². The highest BCUT2D eigenvalue weighted by atomic mass is 127. The molecular formula is C15H29IN6. The molecule has 1 aliphatic rings. The first-order valence-corrected chi connectivity index (χ1v) is 8.14. The Morgan fingerprint density at radius 2 is 2.14 bits per heavy atom. The number of nitrogens with one attached hydrogen (secondary N) is 2. The van der Waals surface area contributed by atoms with Crippen molar-refractivity contribution in [1.29, 1.82) is 0 Å². The second-order valence-corrected chi connectivity index (χ2v) is 5.77. The Labute approximate surface area is 150 Å². The van der Waals surface area contributed by atoms with Gasteiger partial charge in [0.25, 0.3) is 0 Å². The summed E-state index contributed by atoms with van der Waals surface area (Å²) in [6.45, 7) is 4.49. The first-order chi connectivity index (χ1) is 10.3. The monoisotopic (exact) mass is 420 g/mol. The summed E-state index contributed by atoms with van der Waals surface area (Å²) in [5.74, 6) is 2.70. The minimum Gasteiger partial charge on any atom is -0.357 e. The first kappa shape index (κ1) is 19.2. The third-order valence-electron chi connectivity index (χ3n) is 4.08. The predicted molar refractivity (Wildman–Crippen MR) is 100 cm³/mol. The number of aryl methyl sites for hydroxylation is 1. The molecule has 6 nitrogen and oxygen atoms in total. The third-order valence-corrected chi connectivity index (χ3v) is 4.08. The summed E-state index contributed by atoms with van der Waals surface area (Å²) >= 11 is 0. The Morgan fingerprint density at radius 3 is 2.77 bits per heavy atom. The van der Waals surface area contributed by atoms with Crippen molar-refractivity contribution in [3.8, 4) is 0 Å². The maximum absolute atomic E-state index is 4.56. The number of aromatic nitrogens is 3. The number of nitrogens with zero attached hydrogens (tertiary/aromatic N) is 4. The summed E-state index contributed by atoms with van der Waals surface area (Å²) in [5.41, 5.74) is 0. The van der Waals surface area contributed by atoms with E-state index in [1.54, 1.807) is 6.33 Å². The van der Waals surface area contributed by atoms with E-state index >= 15 is 0 Å². The minimum absolute atomic E-state index is 0. The lowest BCUT2D eigenvalue weighted by molar-refractivity contribution is 0.481. The van der Waals surface area contributed by atoms with Crippen LogP contribution in [-0.4, -0.2) is 33.8 Å². The molecule has 1 saturated carbocycles. The van der Waals surface area contributed by atoms with E-state index in [9.17, 15) is 0 Å². The van der Waals surface area contributed by atoms with Gasteiger partial charge in [-0.15, -0.1) is 34.2 Å². The molecule has 0 unspecified atom stereocenters. The average molecular weight is 420 g/mol. The molecule has 0 saturated heterocycles. The first-order valence-electron chi connectivity index (χ1n) is 8.14. The van der Waals surface area contributed by atoms with E-state index in [1.165, 1.54) is 38.5 Å². The van der Waals surface area contributed by atoms with Gasteiger partial charge < -0.3 is 15.2 Å². The lowest BCUT2D eigenvalue weighted by Crippen LogP contribution is -2.37. The van der Waals surface area contributed by atoms with E-state index in [0.717, 1.165) is 30.8 Å². The third kappa shape index (κ3) is 6.50. The van der Waals surface area contributed by atoms with Gasteiger partial charge in [0.1, 0.15) is 12.9 Å². The number of rotatable bonds is 7. The lowest BCUT2D eigenvalue weighted by atomic mass is 10.0. The van der Waals surface area contributed by atoms with Gasteiger partial charge in [-0.2, -0.15) is 0 Å². The second kappa shape index (κ2) is 10.8. The zero-order valence-electron chi connectivity index (χ0n) is 13.7. The highest BCUT2D eigenvalue weighted by molar-refractivity contribution is 14.0. The predicted octanol–water partition coefficient (Wildman–Crippen LogP) is 2.46. The molecule has 0 amide bonds. The molecule has 0 radical (unpaired) electrons. The molecule has 0 aromatic carbocycles. The van der Waals surface area contributed by atoms with E-state index in [4.69, 9.17) is 0 Å². The molecule has 126 valence electrons. The zero-order valence-corrected chi connectivity index (χ0v) is 16.0. The molecule has 0 aliphatic heterocycles. The minimum atomic E-state index is 0. The number of hydrogen-bond acceptors (Lipinski definition) is 3. The molecule has 1 heterocycles. The van der Waals surface area contributed by atoms with E-state index in [0.29, 0.717) is 6.54 Å². The summed E-state index contributed by atoms with van der Waals surface area (Å²) in [6.07, 6.45) is 9.99. The maximum atomic E-state index is 4.56. The molecule has 22 heavy (non-hydrogen) atoms. The fraction of sp³-hybridized carbons (Fsp3) is 0.800. The van der Waals surface area contributed by atoms with Crippen molar-refractivity contribution in [2.75, 3.05) is 13.1 Å². The number of aliphatic imine (C=N–C) groups is 1. The molecule has 7 heteroatoms. The van der Waals surface area contributed by atoms with Gasteiger partial charge in [-0.25, -0.2) is 4.99 Å². The largest absolute Gasteiger partial charge is 0.357 e. The number of halogens is 1. The fourth-order valence-corrected chi connectivity index (χ4v) is 2.84. The van der Waals surface area contributed by atoms with Crippen molar-refractivity contribution in [2.24, 2.45) is 18.0 Å². The maximum Gasteiger partial charge on any atom is 0.191 e. The number of hydrogen-bond donors (Lipinski definition) is 2.